The van der Waals surface area contributed by atoms with Crippen LogP contribution in [0.4, 0.5) is 18.9 Å². The van der Waals surface area contributed by atoms with Crippen LogP contribution in [0, 0.1) is 0 Å². The summed E-state index contributed by atoms with van der Waals surface area (Å²) in [5.74, 6) is 0.349. The van der Waals surface area contributed by atoms with Crippen LogP contribution in [-0.4, -0.2) is 33.9 Å². The van der Waals surface area contributed by atoms with Crippen molar-refractivity contribution in [1.29, 1.82) is 0 Å². The Kier molecular flexibility index (Phi) is 6.96. The van der Waals surface area contributed by atoms with Gasteiger partial charge in [0.25, 0.3) is 5.91 Å². The minimum atomic E-state index is -4.51. The summed E-state index contributed by atoms with van der Waals surface area (Å²) in [6.45, 7) is 3.58. The number of methoxy groups -OCH3 is 1. The van der Waals surface area contributed by atoms with Crippen molar-refractivity contribution in [3.05, 3.63) is 83.9 Å². The van der Waals surface area contributed by atoms with E-state index >= 15 is 0 Å². The lowest BCUT2D eigenvalue weighted by atomic mass is 10.1. The highest BCUT2D eigenvalue weighted by atomic mass is 19.4. The molecule has 3 aromatic carbocycles. The average molecular weight is 496 g/mol. The van der Waals surface area contributed by atoms with Crippen LogP contribution >= 0.6 is 0 Å². The molecule has 0 fully saturated rings. The average Bonchev–Trinajstić information content (AvgIpc) is 3.27. The highest BCUT2D eigenvalue weighted by Gasteiger charge is 2.31. The van der Waals surface area contributed by atoms with E-state index in [1.165, 1.54) is 23.9 Å². The summed E-state index contributed by atoms with van der Waals surface area (Å²) in [5.41, 5.74) is 0.730. The van der Waals surface area contributed by atoms with E-state index in [0.29, 0.717) is 22.7 Å². The largest absolute Gasteiger partial charge is 0.497 e. The number of ether oxygens (including phenoxy) is 2. The Labute approximate surface area is 205 Å². The molecular formula is C26H23F3N4O3. The first-order chi connectivity index (χ1) is 17.1. The third kappa shape index (κ3) is 5.65. The van der Waals surface area contributed by atoms with Crippen LogP contribution in [0.15, 0.2) is 72.8 Å². The summed E-state index contributed by atoms with van der Waals surface area (Å²) in [5, 5.41) is 7.17. The lowest BCUT2D eigenvalue weighted by Crippen LogP contribution is -2.12. The third-order valence-electron chi connectivity index (χ3n) is 5.06. The molecule has 0 aliphatic rings. The van der Waals surface area contributed by atoms with Gasteiger partial charge in [0.1, 0.15) is 5.75 Å². The predicted molar refractivity (Wildman–Crippen MR) is 129 cm³/mol. The lowest BCUT2D eigenvalue weighted by molar-refractivity contribution is -0.137. The topological polar surface area (TPSA) is 78.3 Å². The van der Waals surface area contributed by atoms with Gasteiger partial charge in [-0.05, 0) is 62.4 Å². The van der Waals surface area contributed by atoms with E-state index < -0.39 is 11.7 Å². The maximum atomic E-state index is 13.3. The van der Waals surface area contributed by atoms with Crippen molar-refractivity contribution >= 4 is 11.6 Å². The summed E-state index contributed by atoms with van der Waals surface area (Å²) in [4.78, 5) is 17.1. The van der Waals surface area contributed by atoms with Crippen LogP contribution in [0.5, 0.6) is 11.8 Å². The summed E-state index contributed by atoms with van der Waals surface area (Å²) in [7, 11) is 1.51. The van der Waals surface area contributed by atoms with Crippen LogP contribution in [0.1, 0.15) is 29.8 Å². The van der Waals surface area contributed by atoms with Gasteiger partial charge in [-0.1, -0.05) is 24.3 Å². The van der Waals surface area contributed by atoms with E-state index in [1.807, 2.05) is 0 Å². The van der Waals surface area contributed by atoms with Gasteiger partial charge in [-0.3, -0.25) is 4.79 Å². The molecule has 0 aliphatic carbocycles. The lowest BCUT2D eigenvalue weighted by Gasteiger charge is -2.11. The van der Waals surface area contributed by atoms with Crippen molar-refractivity contribution in [2.24, 2.45) is 0 Å². The number of carbonyl (C=O) groups is 1. The number of nitrogens with zero attached hydrogens (tertiary/aromatic N) is 3. The molecule has 0 unspecified atom stereocenters. The van der Waals surface area contributed by atoms with Crippen molar-refractivity contribution in [1.82, 2.24) is 14.8 Å². The van der Waals surface area contributed by atoms with E-state index in [4.69, 9.17) is 9.47 Å². The number of carbonyl (C=O) groups excluding carboxylic acids is 1. The zero-order valence-corrected chi connectivity index (χ0v) is 19.7. The molecule has 0 radical (unpaired) electrons. The van der Waals surface area contributed by atoms with E-state index in [1.54, 1.807) is 62.4 Å². The summed E-state index contributed by atoms with van der Waals surface area (Å²) < 4.78 is 52.1. The molecule has 4 aromatic rings. The molecule has 7 nitrogen and oxygen atoms in total. The van der Waals surface area contributed by atoms with Gasteiger partial charge in [-0.2, -0.15) is 18.2 Å². The summed E-state index contributed by atoms with van der Waals surface area (Å²) >= 11 is 0. The van der Waals surface area contributed by atoms with Gasteiger partial charge in [0, 0.05) is 16.8 Å². The Morgan fingerprint density at radius 3 is 2.47 bits per heavy atom. The van der Waals surface area contributed by atoms with Crippen LogP contribution in [0.3, 0.4) is 0 Å². The molecule has 4 rings (SSSR count). The monoisotopic (exact) mass is 496 g/mol. The molecule has 10 heteroatoms. The number of benzene rings is 3. The van der Waals surface area contributed by atoms with E-state index in [2.05, 4.69) is 15.4 Å². The zero-order chi connectivity index (χ0) is 25.9. The Hall–Kier alpha value is -4.34. The number of halogens is 3. The van der Waals surface area contributed by atoms with Crippen molar-refractivity contribution in [3.63, 3.8) is 0 Å². The van der Waals surface area contributed by atoms with Gasteiger partial charge in [0.2, 0.25) is 0 Å². The maximum Gasteiger partial charge on any atom is 0.416 e. The fourth-order valence-corrected chi connectivity index (χ4v) is 3.44. The van der Waals surface area contributed by atoms with E-state index in [9.17, 15) is 18.0 Å². The molecule has 0 bridgehead atoms. The molecule has 36 heavy (non-hydrogen) atoms. The molecule has 1 heterocycles. The summed E-state index contributed by atoms with van der Waals surface area (Å²) in [6.07, 6.45) is -4.76. The van der Waals surface area contributed by atoms with Gasteiger partial charge in [0.05, 0.1) is 24.5 Å². The summed E-state index contributed by atoms with van der Waals surface area (Å²) in [6, 6.07) is 18.3. The van der Waals surface area contributed by atoms with Crippen LogP contribution in [0.2, 0.25) is 0 Å². The van der Waals surface area contributed by atoms with E-state index in [0.717, 1.165) is 12.1 Å². The van der Waals surface area contributed by atoms with Gasteiger partial charge in [0.15, 0.2) is 5.82 Å². The maximum absolute atomic E-state index is 13.3. The van der Waals surface area contributed by atoms with Gasteiger partial charge < -0.3 is 14.8 Å². The molecule has 0 saturated carbocycles. The second-order valence-corrected chi connectivity index (χ2v) is 8.11. The fraction of sp³-hybridized carbons (Fsp3) is 0.192. The molecule has 0 saturated heterocycles. The predicted octanol–water partition coefficient (Wildman–Crippen LogP) is 6.00. The van der Waals surface area contributed by atoms with Crippen LogP contribution < -0.4 is 14.8 Å². The van der Waals surface area contributed by atoms with Crippen LogP contribution in [-0.2, 0) is 6.18 Å². The third-order valence-corrected chi connectivity index (χ3v) is 5.06. The first kappa shape index (κ1) is 24.8. The zero-order valence-electron chi connectivity index (χ0n) is 19.7. The highest BCUT2D eigenvalue weighted by Crippen LogP contribution is 2.33. The van der Waals surface area contributed by atoms with Crippen molar-refractivity contribution in [2.45, 2.75) is 26.1 Å². The Morgan fingerprint density at radius 2 is 1.75 bits per heavy atom. The second-order valence-electron chi connectivity index (χ2n) is 8.11. The number of amides is 1. The Bertz CT molecular complexity index is 1380. The molecule has 1 amide bonds. The molecular weight excluding hydrogens is 473 g/mol. The molecule has 186 valence electrons. The molecule has 0 atom stereocenters. The number of alkyl halides is 3. The number of rotatable bonds is 7. The smallest absolute Gasteiger partial charge is 0.416 e. The minimum absolute atomic E-state index is 0.0169. The normalized spacial score (nSPS) is 11.4. The second kappa shape index (κ2) is 10.1. The van der Waals surface area contributed by atoms with Crippen molar-refractivity contribution in [2.75, 3.05) is 12.4 Å². The standard InChI is InChI=1S/C26H23F3N4O3/c1-16(2)36-25-31-23(17-7-4-9-19(13-17)26(27,28)29)33(32-25)21-11-6-10-20(15-21)30-24(34)18-8-5-12-22(14-18)35-3/h4-16H,1-3H3,(H,30,34). The van der Waals surface area contributed by atoms with Gasteiger partial charge in [-0.15, -0.1) is 5.10 Å². The Balaban J connectivity index is 1.71. The van der Waals surface area contributed by atoms with E-state index in [-0.39, 0.29) is 29.4 Å². The SMILES string of the molecule is COc1cccc(C(=O)Nc2cccc(-n3nc(OC(C)C)nc3-c3cccc(C(F)(F)F)c3)c2)c1. The molecule has 0 aliphatic heterocycles. The van der Waals surface area contributed by atoms with Crippen LogP contribution in [0.25, 0.3) is 17.1 Å². The number of nitrogens with one attached hydrogen (secondary N) is 1. The van der Waals surface area contributed by atoms with Crippen molar-refractivity contribution < 1.29 is 27.4 Å². The first-order valence-electron chi connectivity index (χ1n) is 11.0. The quantitative estimate of drug-likeness (QED) is 0.340. The molecule has 0 spiro atoms. The number of aromatic nitrogens is 3. The van der Waals surface area contributed by atoms with Crippen molar-refractivity contribution in [3.8, 4) is 28.8 Å². The molecule has 1 aromatic heterocycles. The number of anilines is 1. The van der Waals surface area contributed by atoms with Gasteiger partial charge in [-0.25, -0.2) is 4.68 Å². The molecule has 1 N–H and O–H groups in total. The minimum Gasteiger partial charge on any atom is -0.497 e. The number of hydrogen-bond donors (Lipinski definition) is 1. The first-order valence-corrected chi connectivity index (χ1v) is 11.0. The highest BCUT2D eigenvalue weighted by molar-refractivity contribution is 6.04. The fourth-order valence-electron chi connectivity index (χ4n) is 3.44. The van der Waals surface area contributed by atoms with Gasteiger partial charge >= 0.3 is 12.2 Å². The Morgan fingerprint density at radius 1 is 1.00 bits per heavy atom. The number of hydrogen-bond acceptors (Lipinski definition) is 5.